The van der Waals surface area contributed by atoms with E-state index in [2.05, 4.69) is 18.8 Å². The molecule has 11 heteroatoms. The van der Waals surface area contributed by atoms with Crippen molar-refractivity contribution in [1.29, 1.82) is 0 Å². The summed E-state index contributed by atoms with van der Waals surface area (Å²) in [5.74, 6) is -13.3. The Hall–Kier alpha value is -2.82. The molecule has 0 aliphatic heterocycles. The van der Waals surface area contributed by atoms with Gasteiger partial charge in [0.1, 0.15) is 11.0 Å². The summed E-state index contributed by atoms with van der Waals surface area (Å²) >= 11 is 0.973. The number of halogens is 5. The molecular formula is C14H6F5N3O2S. The molecule has 0 spiro atoms. The van der Waals surface area contributed by atoms with Gasteiger partial charge in [0, 0.05) is 5.69 Å². The molecule has 0 aliphatic carbocycles. The highest BCUT2D eigenvalue weighted by atomic mass is 32.1. The minimum atomic E-state index is -2.31. The number of hydrogen-bond acceptors (Lipinski definition) is 5. The molecule has 0 unspecified atom stereocenters. The molecule has 0 aliphatic rings. The maximum atomic E-state index is 13.4. The number of aromatic nitrogens is 2. The third-order valence-electron chi connectivity index (χ3n) is 3.05. The van der Waals surface area contributed by atoms with Crippen LogP contribution in [0.2, 0.25) is 0 Å². The molecule has 130 valence electrons. The number of carbonyl (C=O) groups is 1. The number of hydrogen-bond donors (Lipinski definition) is 1. The fraction of sp³-hybridized carbons (Fsp3) is 0.0714. The smallest absolute Gasteiger partial charge is 0.262 e. The Balaban J connectivity index is 1.72. The zero-order chi connectivity index (χ0) is 18.1. The van der Waals surface area contributed by atoms with E-state index in [-0.39, 0.29) is 0 Å². The zero-order valence-corrected chi connectivity index (χ0v) is 12.8. The van der Waals surface area contributed by atoms with Crippen LogP contribution in [0, 0.1) is 29.1 Å². The van der Waals surface area contributed by atoms with Crippen LogP contribution in [0.15, 0.2) is 18.2 Å². The van der Waals surface area contributed by atoms with Gasteiger partial charge in [0.05, 0.1) is 11.7 Å². The molecule has 3 rings (SSSR count). The number of anilines is 1. The van der Waals surface area contributed by atoms with E-state index in [9.17, 15) is 26.7 Å². The van der Waals surface area contributed by atoms with Gasteiger partial charge in [-0.15, -0.1) is 0 Å². The number of nitrogens with zero attached hydrogens (tertiary/aromatic N) is 2. The minimum Gasteiger partial charge on any atom is -0.477 e. The summed E-state index contributed by atoms with van der Waals surface area (Å²) in [4.78, 5) is 11.7. The molecule has 0 fully saturated rings. The van der Waals surface area contributed by atoms with Crippen molar-refractivity contribution in [3.05, 3.63) is 47.3 Å². The molecule has 0 atom stereocenters. The standard InChI is InChI=1S/C14H6F5N3O2S/c15-9-10(16)12(18)14(13(19)11(9)17)24-4-8(23)20-5-1-2-6-7(3-5)22-25-21-6/h1-3H,4H2,(H,20,23). The number of carbonyl (C=O) groups excluding carboxylic acids is 1. The lowest BCUT2D eigenvalue weighted by Crippen LogP contribution is -2.21. The third kappa shape index (κ3) is 3.22. The monoisotopic (exact) mass is 375 g/mol. The fourth-order valence-electron chi connectivity index (χ4n) is 1.91. The number of rotatable bonds is 4. The first-order valence-corrected chi connectivity index (χ1v) is 7.28. The van der Waals surface area contributed by atoms with Crippen molar-refractivity contribution in [3.8, 4) is 5.75 Å². The van der Waals surface area contributed by atoms with E-state index in [1.165, 1.54) is 12.1 Å². The number of benzene rings is 2. The fourth-order valence-corrected chi connectivity index (χ4v) is 2.42. The SMILES string of the molecule is O=C(COc1c(F)c(F)c(F)c(F)c1F)Nc1ccc2nsnc2c1. The van der Waals surface area contributed by atoms with Gasteiger partial charge in [0.15, 0.2) is 12.4 Å². The highest BCUT2D eigenvalue weighted by molar-refractivity contribution is 7.00. The number of nitrogens with one attached hydrogen (secondary N) is 1. The predicted octanol–water partition coefficient (Wildman–Crippen LogP) is 3.40. The van der Waals surface area contributed by atoms with E-state index < -0.39 is 47.3 Å². The first-order valence-electron chi connectivity index (χ1n) is 6.55. The van der Waals surface area contributed by atoms with Gasteiger partial charge < -0.3 is 10.1 Å². The van der Waals surface area contributed by atoms with Crippen LogP contribution < -0.4 is 10.1 Å². The van der Waals surface area contributed by atoms with E-state index in [0.717, 1.165) is 11.7 Å². The molecule has 3 aromatic rings. The Morgan fingerprint density at radius 2 is 1.56 bits per heavy atom. The summed E-state index contributed by atoms with van der Waals surface area (Å²) in [6, 6.07) is 4.58. The summed E-state index contributed by atoms with van der Waals surface area (Å²) in [5, 5.41) is 2.34. The van der Waals surface area contributed by atoms with E-state index in [4.69, 9.17) is 0 Å². The van der Waals surface area contributed by atoms with Gasteiger partial charge in [0.2, 0.25) is 29.1 Å². The van der Waals surface area contributed by atoms with Crippen molar-refractivity contribution in [3.63, 3.8) is 0 Å². The summed E-state index contributed by atoms with van der Waals surface area (Å²) in [7, 11) is 0. The van der Waals surface area contributed by atoms with Crippen molar-refractivity contribution in [2.24, 2.45) is 0 Å². The Labute approximate surface area is 140 Å². The Kier molecular flexibility index (Phi) is 4.49. The van der Waals surface area contributed by atoms with E-state index >= 15 is 0 Å². The van der Waals surface area contributed by atoms with Crippen LogP contribution in [0.1, 0.15) is 0 Å². The Morgan fingerprint density at radius 1 is 0.960 bits per heavy atom. The average Bonchev–Trinajstić information content (AvgIpc) is 3.06. The van der Waals surface area contributed by atoms with Gasteiger partial charge in [-0.25, -0.2) is 13.2 Å². The van der Waals surface area contributed by atoms with Crippen molar-refractivity contribution >= 4 is 34.4 Å². The molecule has 1 amide bonds. The average molecular weight is 375 g/mol. The van der Waals surface area contributed by atoms with Crippen LogP contribution in [0.4, 0.5) is 27.6 Å². The molecule has 0 saturated heterocycles. The number of amides is 1. The molecule has 25 heavy (non-hydrogen) atoms. The second kappa shape index (κ2) is 6.59. The number of fused-ring (bicyclic) bond motifs is 1. The molecule has 1 aromatic heterocycles. The van der Waals surface area contributed by atoms with Crippen molar-refractivity contribution in [1.82, 2.24) is 8.75 Å². The van der Waals surface area contributed by atoms with Crippen LogP contribution in [0.3, 0.4) is 0 Å². The van der Waals surface area contributed by atoms with E-state index in [1.54, 1.807) is 6.07 Å². The van der Waals surface area contributed by atoms with Crippen LogP contribution >= 0.6 is 11.7 Å². The van der Waals surface area contributed by atoms with E-state index in [1.807, 2.05) is 0 Å². The highest BCUT2D eigenvalue weighted by Gasteiger charge is 2.27. The van der Waals surface area contributed by atoms with Crippen LogP contribution in [0.5, 0.6) is 5.75 Å². The lowest BCUT2D eigenvalue weighted by molar-refractivity contribution is -0.118. The maximum absolute atomic E-state index is 13.4. The molecule has 1 N–H and O–H groups in total. The van der Waals surface area contributed by atoms with Gasteiger partial charge in [-0.3, -0.25) is 4.79 Å². The van der Waals surface area contributed by atoms with Gasteiger partial charge in [-0.2, -0.15) is 17.5 Å². The van der Waals surface area contributed by atoms with Crippen molar-refractivity contribution in [2.75, 3.05) is 11.9 Å². The quantitative estimate of drug-likeness (QED) is 0.431. The zero-order valence-electron chi connectivity index (χ0n) is 11.9. The van der Waals surface area contributed by atoms with Crippen LogP contribution in [-0.2, 0) is 4.79 Å². The number of ether oxygens (including phenoxy) is 1. The summed E-state index contributed by atoms with van der Waals surface area (Å²) in [6.07, 6.45) is 0. The third-order valence-corrected chi connectivity index (χ3v) is 3.61. The topological polar surface area (TPSA) is 64.1 Å². The normalized spacial score (nSPS) is 10.9. The second-order valence-electron chi connectivity index (χ2n) is 4.70. The molecular weight excluding hydrogens is 369 g/mol. The van der Waals surface area contributed by atoms with E-state index in [0.29, 0.717) is 16.7 Å². The van der Waals surface area contributed by atoms with Crippen LogP contribution in [0.25, 0.3) is 11.0 Å². The minimum absolute atomic E-state index is 0.297. The lowest BCUT2D eigenvalue weighted by Gasteiger charge is -2.10. The summed E-state index contributed by atoms with van der Waals surface area (Å²) in [5.41, 5.74) is 1.43. The largest absolute Gasteiger partial charge is 0.477 e. The lowest BCUT2D eigenvalue weighted by atomic mass is 10.2. The van der Waals surface area contributed by atoms with Gasteiger partial charge in [-0.1, -0.05) is 0 Å². The van der Waals surface area contributed by atoms with Gasteiger partial charge in [0.25, 0.3) is 5.91 Å². The molecule has 2 aromatic carbocycles. The Morgan fingerprint density at radius 3 is 2.24 bits per heavy atom. The molecule has 0 saturated carbocycles. The predicted molar refractivity (Wildman–Crippen MR) is 77.8 cm³/mol. The molecule has 5 nitrogen and oxygen atoms in total. The first-order chi connectivity index (χ1) is 11.9. The highest BCUT2D eigenvalue weighted by Crippen LogP contribution is 2.29. The van der Waals surface area contributed by atoms with Crippen molar-refractivity contribution < 1.29 is 31.5 Å². The van der Waals surface area contributed by atoms with Gasteiger partial charge >= 0.3 is 0 Å². The van der Waals surface area contributed by atoms with Gasteiger partial charge in [-0.05, 0) is 18.2 Å². The van der Waals surface area contributed by atoms with Crippen molar-refractivity contribution in [2.45, 2.75) is 0 Å². The summed E-state index contributed by atoms with van der Waals surface area (Å²) in [6.45, 7) is -0.967. The first kappa shape index (κ1) is 17.0. The Bertz CT molecular complexity index is 949. The summed E-state index contributed by atoms with van der Waals surface area (Å²) < 4.78 is 78.2. The molecule has 0 radical (unpaired) electrons. The molecule has 0 bridgehead atoms. The second-order valence-corrected chi connectivity index (χ2v) is 5.23. The van der Waals surface area contributed by atoms with Crippen LogP contribution in [-0.4, -0.2) is 21.3 Å². The maximum Gasteiger partial charge on any atom is 0.262 e. The molecule has 1 heterocycles.